The van der Waals surface area contributed by atoms with Gasteiger partial charge >= 0.3 is 0 Å². The van der Waals surface area contributed by atoms with Gasteiger partial charge in [0.15, 0.2) is 0 Å². The second kappa shape index (κ2) is 4.68. The Morgan fingerprint density at radius 3 is 3.07 bits per heavy atom. The number of hydrogen-bond acceptors (Lipinski definition) is 3. The Balaban J connectivity index is 2.12. The Morgan fingerprint density at radius 1 is 1.50 bits per heavy atom. The highest BCUT2D eigenvalue weighted by Gasteiger charge is 2.20. The summed E-state index contributed by atoms with van der Waals surface area (Å²) in [4.78, 5) is 12.6. The number of carbonyl (C=O) groups is 1. The second-order valence-corrected chi connectivity index (χ2v) is 6.86. The lowest BCUT2D eigenvalue weighted by Crippen LogP contribution is -2.23. The number of rotatable bonds is 1. The van der Waals surface area contributed by atoms with Crippen molar-refractivity contribution in [2.75, 3.05) is 12.3 Å². The fourth-order valence-corrected chi connectivity index (χ4v) is 4.15. The average molecular weight is 292 g/mol. The summed E-state index contributed by atoms with van der Waals surface area (Å²) >= 11 is 7.02. The van der Waals surface area contributed by atoms with Crippen LogP contribution in [-0.4, -0.2) is 18.2 Å². The first kappa shape index (κ1) is 10.5. The molecule has 1 atom stereocenters. The van der Waals surface area contributed by atoms with Crippen LogP contribution in [-0.2, 0) is 4.79 Å². The Labute approximate surface area is 99.6 Å². The topological polar surface area (TPSA) is 29.1 Å². The third-order valence-electron chi connectivity index (χ3n) is 2.03. The van der Waals surface area contributed by atoms with Crippen molar-refractivity contribution >= 4 is 44.9 Å². The maximum atomic E-state index is 11.3. The van der Waals surface area contributed by atoms with Crippen molar-refractivity contribution < 1.29 is 4.79 Å². The predicted octanol–water partition coefficient (Wildman–Crippen LogP) is 2.80. The van der Waals surface area contributed by atoms with Crippen LogP contribution >= 0.6 is 39.0 Å². The van der Waals surface area contributed by atoms with Crippen LogP contribution in [0.4, 0.5) is 0 Å². The minimum Gasteiger partial charge on any atom is -0.355 e. The molecule has 0 aliphatic carbocycles. The van der Waals surface area contributed by atoms with Crippen molar-refractivity contribution in [2.45, 2.75) is 11.7 Å². The molecule has 1 fully saturated rings. The van der Waals surface area contributed by atoms with Gasteiger partial charge in [-0.1, -0.05) is 0 Å². The molecule has 76 valence electrons. The lowest BCUT2D eigenvalue weighted by molar-refractivity contribution is -0.120. The van der Waals surface area contributed by atoms with Gasteiger partial charge in [0, 0.05) is 28.8 Å². The van der Waals surface area contributed by atoms with Gasteiger partial charge in [-0.3, -0.25) is 4.79 Å². The zero-order valence-corrected chi connectivity index (χ0v) is 10.7. The molecule has 2 rings (SSSR count). The summed E-state index contributed by atoms with van der Waals surface area (Å²) in [5, 5.41) is 3.23. The van der Waals surface area contributed by atoms with Gasteiger partial charge in [0.05, 0.1) is 3.79 Å². The number of halogens is 1. The minimum atomic E-state index is 0.171. The quantitative estimate of drug-likeness (QED) is 0.862. The molecule has 2 heterocycles. The number of nitrogens with one attached hydrogen (secondary N) is 1. The Morgan fingerprint density at radius 2 is 2.36 bits per heavy atom. The summed E-state index contributed by atoms with van der Waals surface area (Å²) in [5.74, 6) is 1.18. The van der Waals surface area contributed by atoms with E-state index >= 15 is 0 Å². The Bertz CT molecular complexity index is 339. The fraction of sp³-hybridized carbons (Fsp3) is 0.444. The Hall–Kier alpha value is -0.000000000000000139. The monoisotopic (exact) mass is 291 g/mol. The molecule has 5 heteroatoms. The molecule has 1 saturated heterocycles. The number of thioether (sulfide) groups is 1. The van der Waals surface area contributed by atoms with Gasteiger partial charge < -0.3 is 5.32 Å². The highest BCUT2D eigenvalue weighted by atomic mass is 79.9. The van der Waals surface area contributed by atoms with Crippen molar-refractivity contribution in [3.63, 3.8) is 0 Å². The van der Waals surface area contributed by atoms with Crippen LogP contribution in [0.25, 0.3) is 0 Å². The van der Waals surface area contributed by atoms with Gasteiger partial charge in [0.25, 0.3) is 0 Å². The molecule has 14 heavy (non-hydrogen) atoms. The summed E-state index contributed by atoms with van der Waals surface area (Å²) in [6.07, 6.45) is 0.609. The third-order valence-corrected chi connectivity index (χ3v) is 5.17. The Kier molecular flexibility index (Phi) is 3.52. The number of thiophene rings is 1. The van der Waals surface area contributed by atoms with E-state index in [9.17, 15) is 4.79 Å². The molecule has 0 bridgehead atoms. The smallest absolute Gasteiger partial charge is 0.221 e. The number of hydrogen-bond donors (Lipinski definition) is 1. The first-order valence-electron chi connectivity index (χ1n) is 4.39. The van der Waals surface area contributed by atoms with Crippen LogP contribution < -0.4 is 5.32 Å². The van der Waals surface area contributed by atoms with E-state index in [0.717, 1.165) is 16.1 Å². The molecule has 1 N–H and O–H groups in total. The first-order valence-corrected chi connectivity index (χ1v) is 7.05. The lowest BCUT2D eigenvalue weighted by atomic mass is 10.2. The highest BCUT2D eigenvalue weighted by Crippen LogP contribution is 2.38. The normalized spacial score (nSPS) is 22.9. The molecule has 0 radical (unpaired) electrons. The molecule has 2 nitrogen and oxygen atoms in total. The zero-order chi connectivity index (χ0) is 9.97. The summed E-state index contributed by atoms with van der Waals surface area (Å²) in [7, 11) is 0. The van der Waals surface area contributed by atoms with Gasteiger partial charge in [0.2, 0.25) is 5.91 Å². The van der Waals surface area contributed by atoms with E-state index in [1.54, 1.807) is 11.3 Å². The summed E-state index contributed by atoms with van der Waals surface area (Å²) in [5.41, 5.74) is 0. The van der Waals surface area contributed by atoms with Gasteiger partial charge in [-0.15, -0.1) is 11.3 Å². The number of amides is 1. The molecule has 1 aromatic rings. The second-order valence-electron chi connectivity index (χ2n) is 3.06. The SMILES string of the molecule is O=C1CC(c2ccc(Br)s2)SCCN1. The standard InChI is InChI=1S/C9H10BrNOS2/c10-8-2-1-6(14-8)7-5-9(12)11-3-4-13-7/h1-2,7H,3-5H2,(H,11,12). The molecule has 1 aliphatic heterocycles. The van der Waals surface area contributed by atoms with Gasteiger partial charge in [-0.2, -0.15) is 11.8 Å². The maximum absolute atomic E-state index is 11.3. The van der Waals surface area contributed by atoms with E-state index in [2.05, 4.69) is 27.3 Å². The van der Waals surface area contributed by atoms with E-state index in [4.69, 9.17) is 0 Å². The summed E-state index contributed by atoms with van der Waals surface area (Å²) in [6.45, 7) is 0.798. The lowest BCUT2D eigenvalue weighted by Gasteiger charge is -2.08. The van der Waals surface area contributed by atoms with Crippen molar-refractivity contribution in [3.8, 4) is 0 Å². The third kappa shape index (κ3) is 2.52. The van der Waals surface area contributed by atoms with Crippen molar-refractivity contribution in [3.05, 3.63) is 20.8 Å². The van der Waals surface area contributed by atoms with Gasteiger partial charge in [-0.05, 0) is 28.1 Å². The summed E-state index contributed by atoms with van der Waals surface area (Å²) in [6, 6.07) is 4.15. The van der Waals surface area contributed by atoms with E-state index in [1.807, 2.05) is 17.8 Å². The zero-order valence-electron chi connectivity index (χ0n) is 7.46. The van der Waals surface area contributed by atoms with Crippen molar-refractivity contribution in [1.82, 2.24) is 5.32 Å². The molecule has 1 unspecified atom stereocenters. The molecule has 1 aliphatic rings. The van der Waals surface area contributed by atoms with E-state index in [1.165, 1.54) is 4.88 Å². The molecule has 1 aromatic heterocycles. The molecule has 1 amide bonds. The maximum Gasteiger partial charge on any atom is 0.221 e. The molecule has 0 spiro atoms. The largest absolute Gasteiger partial charge is 0.355 e. The highest BCUT2D eigenvalue weighted by molar-refractivity contribution is 9.11. The van der Waals surface area contributed by atoms with Crippen LogP contribution in [0.1, 0.15) is 16.5 Å². The molecule has 0 aromatic carbocycles. The minimum absolute atomic E-state index is 0.171. The fourth-order valence-electron chi connectivity index (χ4n) is 1.38. The average Bonchev–Trinajstić information content (AvgIpc) is 2.45. The van der Waals surface area contributed by atoms with Crippen LogP contribution in [0.5, 0.6) is 0 Å². The predicted molar refractivity (Wildman–Crippen MR) is 64.8 cm³/mol. The van der Waals surface area contributed by atoms with E-state index in [-0.39, 0.29) is 5.91 Å². The van der Waals surface area contributed by atoms with E-state index in [0.29, 0.717) is 11.7 Å². The molecule has 0 saturated carbocycles. The van der Waals surface area contributed by atoms with E-state index < -0.39 is 0 Å². The van der Waals surface area contributed by atoms with Crippen LogP contribution in [0, 0.1) is 0 Å². The van der Waals surface area contributed by atoms with Gasteiger partial charge in [0.1, 0.15) is 0 Å². The number of carbonyl (C=O) groups excluding carboxylic acids is 1. The van der Waals surface area contributed by atoms with Gasteiger partial charge in [-0.25, -0.2) is 0 Å². The van der Waals surface area contributed by atoms with Crippen LogP contribution in [0.2, 0.25) is 0 Å². The van der Waals surface area contributed by atoms with Crippen LogP contribution in [0.3, 0.4) is 0 Å². The van der Waals surface area contributed by atoms with Crippen molar-refractivity contribution in [2.24, 2.45) is 0 Å². The van der Waals surface area contributed by atoms with Crippen LogP contribution in [0.15, 0.2) is 15.9 Å². The van der Waals surface area contributed by atoms with Crippen molar-refractivity contribution in [1.29, 1.82) is 0 Å². The molecular formula is C9H10BrNOS2. The molecular weight excluding hydrogens is 282 g/mol. The summed E-state index contributed by atoms with van der Waals surface area (Å²) < 4.78 is 1.14. The first-order chi connectivity index (χ1) is 6.75.